The lowest BCUT2D eigenvalue weighted by molar-refractivity contribution is -0.116. The van der Waals surface area contributed by atoms with Crippen molar-refractivity contribution >= 4 is 33.2 Å². The molecule has 3 N–H and O–H groups in total. The van der Waals surface area contributed by atoms with Crippen molar-refractivity contribution in [1.82, 2.24) is 5.32 Å². The third-order valence-electron chi connectivity index (χ3n) is 4.78. The Morgan fingerprint density at radius 2 is 1.58 bits per heavy atom. The maximum Gasteiger partial charge on any atom is 0.262 e. The van der Waals surface area contributed by atoms with Crippen molar-refractivity contribution in [1.29, 1.82) is 0 Å². The van der Waals surface area contributed by atoms with Crippen LogP contribution in [0.15, 0.2) is 77.7 Å². The van der Waals surface area contributed by atoms with Crippen molar-refractivity contribution in [2.75, 3.05) is 23.7 Å². The fraction of sp³-hybridized carbons (Fsp3) is 0.167. The maximum atomic E-state index is 12.9. The topological polar surface area (TPSA) is 114 Å². The smallest absolute Gasteiger partial charge is 0.262 e. The van der Waals surface area contributed by atoms with Crippen LogP contribution in [0.2, 0.25) is 0 Å². The summed E-state index contributed by atoms with van der Waals surface area (Å²) in [6, 6.07) is 19.8. The summed E-state index contributed by atoms with van der Waals surface area (Å²) in [6.07, 6.45) is 0.0403. The van der Waals surface area contributed by atoms with Gasteiger partial charge < -0.3 is 15.4 Å². The molecule has 3 aromatic carbocycles. The molecule has 0 aliphatic rings. The number of hydrogen-bond donors (Lipinski definition) is 3. The predicted molar refractivity (Wildman–Crippen MR) is 127 cm³/mol. The Labute approximate surface area is 193 Å². The average Bonchev–Trinajstić information content (AvgIpc) is 2.81. The van der Waals surface area contributed by atoms with E-state index >= 15 is 0 Å². The summed E-state index contributed by atoms with van der Waals surface area (Å²) >= 11 is 0. The van der Waals surface area contributed by atoms with Crippen molar-refractivity contribution in [2.45, 2.75) is 18.2 Å². The first-order valence-electron chi connectivity index (χ1n) is 10.2. The third kappa shape index (κ3) is 6.56. The van der Waals surface area contributed by atoms with Gasteiger partial charge in [-0.05, 0) is 61.0 Å². The molecule has 2 amide bonds. The van der Waals surface area contributed by atoms with Crippen LogP contribution >= 0.6 is 0 Å². The van der Waals surface area contributed by atoms with Crippen molar-refractivity contribution in [3.63, 3.8) is 0 Å². The first-order chi connectivity index (χ1) is 15.8. The highest BCUT2D eigenvalue weighted by Crippen LogP contribution is 2.24. The molecule has 8 nitrogen and oxygen atoms in total. The summed E-state index contributed by atoms with van der Waals surface area (Å²) in [4.78, 5) is 24.4. The first-order valence-corrected chi connectivity index (χ1v) is 11.7. The van der Waals surface area contributed by atoms with Crippen LogP contribution in [0.5, 0.6) is 5.75 Å². The van der Waals surface area contributed by atoms with Gasteiger partial charge >= 0.3 is 0 Å². The van der Waals surface area contributed by atoms with E-state index in [9.17, 15) is 18.0 Å². The fourth-order valence-electron chi connectivity index (χ4n) is 3.04. The SMILES string of the molecule is COc1ccc(NS(=O)(=O)c2cc(NC(=O)CCNC(=O)c3ccccc3)ccc2C)cc1. The molecule has 0 aliphatic heterocycles. The van der Waals surface area contributed by atoms with Gasteiger partial charge in [0.05, 0.1) is 12.0 Å². The molecule has 33 heavy (non-hydrogen) atoms. The molecule has 172 valence electrons. The molecule has 0 heterocycles. The molecule has 0 aliphatic carbocycles. The second-order valence-corrected chi connectivity index (χ2v) is 8.89. The molecule has 0 saturated heterocycles. The van der Waals surface area contributed by atoms with E-state index in [0.29, 0.717) is 28.3 Å². The minimum Gasteiger partial charge on any atom is -0.497 e. The molecule has 3 rings (SSSR count). The Bertz CT molecular complexity index is 1230. The highest BCUT2D eigenvalue weighted by Gasteiger charge is 2.18. The Morgan fingerprint density at radius 3 is 2.24 bits per heavy atom. The molecule has 0 atom stereocenters. The number of nitrogens with one attached hydrogen (secondary N) is 3. The highest BCUT2D eigenvalue weighted by molar-refractivity contribution is 7.92. The molecule has 0 aromatic heterocycles. The Morgan fingerprint density at radius 1 is 0.909 bits per heavy atom. The molecular weight excluding hydrogens is 442 g/mol. The van der Waals surface area contributed by atoms with Crippen LogP contribution in [0.3, 0.4) is 0 Å². The number of carbonyl (C=O) groups is 2. The van der Waals surface area contributed by atoms with Crippen molar-refractivity contribution in [2.24, 2.45) is 0 Å². The van der Waals surface area contributed by atoms with Crippen LogP contribution in [0.25, 0.3) is 0 Å². The average molecular weight is 468 g/mol. The number of rotatable bonds is 9. The van der Waals surface area contributed by atoms with Gasteiger partial charge in [-0.3, -0.25) is 14.3 Å². The summed E-state index contributed by atoms with van der Waals surface area (Å²) in [5.74, 6) is -0.00538. The van der Waals surface area contributed by atoms with Crippen LogP contribution < -0.4 is 20.1 Å². The number of ether oxygens (including phenoxy) is 1. The molecule has 0 spiro atoms. The van der Waals surface area contributed by atoms with Gasteiger partial charge in [-0.15, -0.1) is 0 Å². The highest BCUT2D eigenvalue weighted by atomic mass is 32.2. The van der Waals surface area contributed by atoms with Crippen LogP contribution in [0.4, 0.5) is 11.4 Å². The molecule has 0 bridgehead atoms. The number of anilines is 2. The molecule has 0 saturated carbocycles. The van der Waals surface area contributed by atoms with E-state index in [1.54, 1.807) is 67.6 Å². The summed E-state index contributed by atoms with van der Waals surface area (Å²) in [7, 11) is -2.35. The number of sulfonamides is 1. The van der Waals surface area contributed by atoms with Crippen molar-refractivity contribution < 1.29 is 22.7 Å². The van der Waals surface area contributed by atoms with E-state index in [-0.39, 0.29) is 29.7 Å². The van der Waals surface area contributed by atoms with Crippen LogP contribution in [0.1, 0.15) is 22.3 Å². The minimum atomic E-state index is -3.88. The second kappa shape index (κ2) is 10.6. The van der Waals surface area contributed by atoms with Crippen molar-refractivity contribution in [3.8, 4) is 5.75 Å². The first kappa shape index (κ1) is 23.8. The number of methoxy groups -OCH3 is 1. The summed E-state index contributed by atoms with van der Waals surface area (Å²) in [5, 5.41) is 5.36. The van der Waals surface area contributed by atoms with Crippen molar-refractivity contribution in [3.05, 3.63) is 83.9 Å². The van der Waals surface area contributed by atoms with E-state index in [1.165, 1.54) is 13.2 Å². The predicted octanol–water partition coefficient (Wildman–Crippen LogP) is 3.56. The Hall–Kier alpha value is -3.85. The largest absolute Gasteiger partial charge is 0.497 e. The van der Waals surface area contributed by atoms with Gasteiger partial charge in [0, 0.05) is 29.9 Å². The zero-order valence-corrected chi connectivity index (χ0v) is 19.1. The lowest BCUT2D eigenvalue weighted by Gasteiger charge is -2.13. The number of benzene rings is 3. The van der Waals surface area contributed by atoms with Gasteiger partial charge in [0.15, 0.2) is 0 Å². The van der Waals surface area contributed by atoms with Gasteiger partial charge in [-0.25, -0.2) is 8.42 Å². The lowest BCUT2D eigenvalue weighted by atomic mass is 10.2. The van der Waals surface area contributed by atoms with Gasteiger partial charge in [0.25, 0.3) is 15.9 Å². The zero-order valence-electron chi connectivity index (χ0n) is 18.3. The fourth-order valence-corrected chi connectivity index (χ4v) is 4.37. The molecule has 3 aromatic rings. The Kier molecular flexibility index (Phi) is 7.68. The Balaban J connectivity index is 1.61. The minimum absolute atomic E-state index is 0.0403. The monoisotopic (exact) mass is 467 g/mol. The summed E-state index contributed by atoms with van der Waals surface area (Å²) in [5.41, 5.74) is 1.77. The second-order valence-electron chi connectivity index (χ2n) is 7.23. The molecule has 0 fully saturated rings. The van der Waals surface area contributed by atoms with E-state index in [0.717, 1.165) is 0 Å². The quantitative estimate of drug-likeness (QED) is 0.445. The number of carbonyl (C=O) groups excluding carboxylic acids is 2. The summed E-state index contributed by atoms with van der Waals surface area (Å²) < 4.78 is 33.4. The molecular formula is C24H25N3O5S. The normalized spacial score (nSPS) is 10.8. The molecule has 0 radical (unpaired) electrons. The zero-order chi connectivity index (χ0) is 23.8. The summed E-state index contributed by atoms with van der Waals surface area (Å²) in [6.45, 7) is 1.82. The van der Waals surface area contributed by atoms with Crippen LogP contribution in [-0.2, 0) is 14.8 Å². The number of amides is 2. The molecule has 0 unspecified atom stereocenters. The number of aryl methyl sites for hydroxylation is 1. The van der Waals surface area contributed by atoms with Gasteiger partial charge in [-0.1, -0.05) is 24.3 Å². The maximum absolute atomic E-state index is 12.9. The van der Waals surface area contributed by atoms with E-state index < -0.39 is 10.0 Å². The third-order valence-corrected chi connectivity index (χ3v) is 6.30. The van der Waals surface area contributed by atoms with E-state index in [4.69, 9.17) is 4.74 Å². The van der Waals surface area contributed by atoms with Crippen LogP contribution in [-0.4, -0.2) is 33.9 Å². The lowest BCUT2D eigenvalue weighted by Crippen LogP contribution is -2.27. The van der Waals surface area contributed by atoms with E-state index in [1.807, 2.05) is 6.07 Å². The van der Waals surface area contributed by atoms with Crippen LogP contribution in [0, 0.1) is 6.92 Å². The molecule has 9 heteroatoms. The standard InChI is InChI=1S/C24H25N3O5S/c1-17-8-9-20(26-23(28)14-15-25-24(29)18-6-4-3-5-7-18)16-22(17)33(30,31)27-19-10-12-21(32-2)13-11-19/h3-13,16,27H,14-15H2,1-2H3,(H,25,29)(H,26,28). The van der Waals surface area contributed by atoms with Gasteiger partial charge in [0.2, 0.25) is 5.91 Å². The van der Waals surface area contributed by atoms with E-state index in [2.05, 4.69) is 15.4 Å². The number of hydrogen-bond acceptors (Lipinski definition) is 5. The van der Waals surface area contributed by atoms with Gasteiger partial charge in [0.1, 0.15) is 5.75 Å². The van der Waals surface area contributed by atoms with Gasteiger partial charge in [-0.2, -0.15) is 0 Å².